The topological polar surface area (TPSA) is 66.6 Å². The minimum Gasteiger partial charge on any atom is -0.392 e. The highest BCUT2D eigenvalue weighted by molar-refractivity contribution is 7.92. The monoisotopic (exact) mass is 279 g/mol. The van der Waals surface area contributed by atoms with Gasteiger partial charge in [-0.3, -0.25) is 0 Å². The quantitative estimate of drug-likeness (QED) is 0.694. The van der Waals surface area contributed by atoms with Crippen LogP contribution in [0.5, 0.6) is 0 Å². The fraction of sp³-hybridized carbons (Fsp3) is 0.900. The second kappa shape index (κ2) is 6.08. The van der Waals surface area contributed by atoms with Crippen molar-refractivity contribution in [3.05, 3.63) is 0 Å². The van der Waals surface area contributed by atoms with Crippen molar-refractivity contribution >= 4 is 27.2 Å². The Kier molecular flexibility index (Phi) is 5.30. The zero-order valence-electron chi connectivity index (χ0n) is 10.4. The molecule has 1 aliphatic rings. The third-order valence-electron chi connectivity index (χ3n) is 3.21. The summed E-state index contributed by atoms with van der Waals surface area (Å²) in [7, 11) is -1.81. The molecule has 1 aliphatic heterocycles. The molecule has 2 N–H and O–H groups in total. The molecule has 0 radical (unpaired) electrons. The van der Waals surface area contributed by atoms with E-state index in [4.69, 9.17) is 18.0 Å². The highest BCUT2D eigenvalue weighted by Gasteiger charge is 2.28. The van der Waals surface area contributed by atoms with Gasteiger partial charge in [-0.2, -0.15) is 0 Å². The van der Waals surface area contributed by atoms with Crippen LogP contribution < -0.4 is 5.73 Å². The lowest BCUT2D eigenvalue weighted by molar-refractivity contribution is 0.309. The summed E-state index contributed by atoms with van der Waals surface area (Å²) in [5, 5.41) is -0.791. The van der Waals surface area contributed by atoms with Gasteiger partial charge in [0.05, 0.1) is 4.99 Å². The Labute approximate surface area is 109 Å². The molecular weight excluding hydrogens is 258 g/mol. The molecule has 17 heavy (non-hydrogen) atoms. The van der Waals surface area contributed by atoms with Gasteiger partial charge in [-0.25, -0.2) is 12.7 Å². The van der Waals surface area contributed by atoms with Crippen molar-refractivity contribution in [1.82, 2.24) is 9.21 Å². The molecule has 0 spiro atoms. The van der Waals surface area contributed by atoms with Gasteiger partial charge in [0, 0.05) is 20.1 Å². The summed E-state index contributed by atoms with van der Waals surface area (Å²) in [5.41, 5.74) is 5.39. The van der Waals surface area contributed by atoms with Gasteiger partial charge in [-0.05, 0) is 32.9 Å². The van der Waals surface area contributed by atoms with Gasteiger partial charge in [-0.15, -0.1) is 0 Å². The number of nitrogens with two attached hydrogens (primary N) is 1. The van der Waals surface area contributed by atoms with Gasteiger partial charge in [0.1, 0.15) is 5.25 Å². The Hall–Kier alpha value is -0.240. The molecular formula is C10H21N3O2S2. The van der Waals surface area contributed by atoms with E-state index in [9.17, 15) is 8.42 Å². The first kappa shape index (κ1) is 14.8. The lowest BCUT2D eigenvalue weighted by Crippen LogP contribution is -2.43. The summed E-state index contributed by atoms with van der Waals surface area (Å²) < 4.78 is 25.4. The van der Waals surface area contributed by atoms with Crippen molar-refractivity contribution in [2.24, 2.45) is 5.73 Å². The van der Waals surface area contributed by atoms with E-state index in [1.165, 1.54) is 24.1 Å². The number of likely N-dealkylation sites (N-methyl/N-ethyl adjacent to an activating group) is 1. The SMILES string of the molecule is CC(C(N)=S)S(=O)(=O)N(C)CCN1CCCC1. The largest absolute Gasteiger partial charge is 0.392 e. The van der Waals surface area contributed by atoms with E-state index in [-0.39, 0.29) is 4.99 Å². The van der Waals surface area contributed by atoms with Crippen LogP contribution in [-0.2, 0) is 10.0 Å². The average molecular weight is 279 g/mol. The van der Waals surface area contributed by atoms with Crippen LogP contribution in [0.2, 0.25) is 0 Å². The molecule has 5 nitrogen and oxygen atoms in total. The van der Waals surface area contributed by atoms with Gasteiger partial charge in [0.2, 0.25) is 10.0 Å². The fourth-order valence-corrected chi connectivity index (χ4v) is 3.37. The van der Waals surface area contributed by atoms with Gasteiger partial charge >= 0.3 is 0 Å². The lowest BCUT2D eigenvalue weighted by atomic mass is 10.4. The molecule has 1 unspecified atom stereocenters. The molecule has 0 amide bonds. The third kappa shape index (κ3) is 3.87. The molecule has 1 atom stereocenters. The number of rotatable bonds is 6. The first-order chi connectivity index (χ1) is 7.85. The molecule has 100 valence electrons. The highest BCUT2D eigenvalue weighted by Crippen LogP contribution is 2.10. The maximum absolute atomic E-state index is 12.0. The smallest absolute Gasteiger partial charge is 0.223 e. The molecule has 0 aromatic rings. The van der Waals surface area contributed by atoms with Gasteiger partial charge in [-0.1, -0.05) is 12.2 Å². The Morgan fingerprint density at radius 2 is 2.00 bits per heavy atom. The molecule has 1 heterocycles. The number of sulfonamides is 1. The molecule has 0 saturated carbocycles. The normalized spacial score (nSPS) is 19.7. The summed E-state index contributed by atoms with van der Waals surface area (Å²) >= 11 is 4.74. The van der Waals surface area contributed by atoms with Crippen molar-refractivity contribution in [3.8, 4) is 0 Å². The van der Waals surface area contributed by atoms with Crippen LogP contribution in [0.3, 0.4) is 0 Å². The Morgan fingerprint density at radius 1 is 1.47 bits per heavy atom. The summed E-state index contributed by atoms with van der Waals surface area (Å²) in [6.45, 7) is 4.94. The first-order valence-electron chi connectivity index (χ1n) is 5.82. The van der Waals surface area contributed by atoms with Crippen molar-refractivity contribution < 1.29 is 8.42 Å². The standard InChI is InChI=1S/C10H21N3O2S2/c1-9(10(11)16)17(14,15)12(2)7-8-13-5-3-4-6-13/h9H,3-8H2,1-2H3,(H2,11,16). The number of hydrogen-bond acceptors (Lipinski definition) is 4. The van der Waals surface area contributed by atoms with Crippen LogP contribution in [0.25, 0.3) is 0 Å². The van der Waals surface area contributed by atoms with Crippen molar-refractivity contribution in [2.45, 2.75) is 25.0 Å². The van der Waals surface area contributed by atoms with Crippen LogP contribution in [0.4, 0.5) is 0 Å². The molecule has 0 aromatic carbocycles. The van der Waals surface area contributed by atoms with Crippen LogP contribution in [0.15, 0.2) is 0 Å². The Morgan fingerprint density at radius 3 is 2.47 bits per heavy atom. The van der Waals surface area contributed by atoms with E-state index >= 15 is 0 Å². The Bertz CT molecular complexity index is 364. The zero-order valence-corrected chi connectivity index (χ0v) is 12.1. The van der Waals surface area contributed by atoms with E-state index in [0.29, 0.717) is 6.54 Å². The van der Waals surface area contributed by atoms with Crippen molar-refractivity contribution in [1.29, 1.82) is 0 Å². The molecule has 1 saturated heterocycles. The van der Waals surface area contributed by atoms with E-state index < -0.39 is 15.3 Å². The Balaban J connectivity index is 2.50. The maximum Gasteiger partial charge on any atom is 0.223 e. The van der Waals surface area contributed by atoms with Crippen LogP contribution in [-0.4, -0.2) is 61.1 Å². The second-order valence-electron chi connectivity index (χ2n) is 4.46. The fourth-order valence-electron chi connectivity index (χ4n) is 1.83. The summed E-state index contributed by atoms with van der Waals surface area (Å²) in [5.74, 6) is 0. The van der Waals surface area contributed by atoms with Crippen LogP contribution >= 0.6 is 12.2 Å². The predicted octanol–water partition coefficient (Wildman–Crippen LogP) is 0.0184. The molecule has 1 fully saturated rings. The molecule has 7 heteroatoms. The zero-order chi connectivity index (χ0) is 13.1. The predicted molar refractivity (Wildman–Crippen MR) is 73.5 cm³/mol. The maximum atomic E-state index is 12.0. The second-order valence-corrected chi connectivity index (χ2v) is 7.29. The third-order valence-corrected chi connectivity index (χ3v) is 5.91. The van der Waals surface area contributed by atoms with Crippen molar-refractivity contribution in [3.63, 3.8) is 0 Å². The minimum absolute atomic E-state index is 0.0259. The minimum atomic E-state index is -3.39. The molecule has 0 aromatic heterocycles. The molecule has 0 aliphatic carbocycles. The van der Waals surface area contributed by atoms with Gasteiger partial charge < -0.3 is 10.6 Å². The number of likely N-dealkylation sites (tertiary alicyclic amines) is 1. The van der Waals surface area contributed by atoms with Crippen LogP contribution in [0.1, 0.15) is 19.8 Å². The summed E-state index contributed by atoms with van der Waals surface area (Å²) in [4.78, 5) is 2.30. The van der Waals surface area contributed by atoms with Gasteiger partial charge in [0.25, 0.3) is 0 Å². The van der Waals surface area contributed by atoms with E-state index in [1.807, 2.05) is 0 Å². The molecule has 1 rings (SSSR count). The number of thiocarbonyl (C=S) groups is 1. The van der Waals surface area contributed by atoms with E-state index in [1.54, 1.807) is 7.05 Å². The lowest BCUT2D eigenvalue weighted by Gasteiger charge is -2.23. The van der Waals surface area contributed by atoms with Crippen LogP contribution in [0, 0.1) is 0 Å². The molecule has 0 bridgehead atoms. The van der Waals surface area contributed by atoms with Crippen molar-refractivity contribution in [2.75, 3.05) is 33.2 Å². The highest BCUT2D eigenvalue weighted by atomic mass is 32.2. The van der Waals surface area contributed by atoms with E-state index in [0.717, 1.165) is 19.6 Å². The first-order valence-corrected chi connectivity index (χ1v) is 7.73. The van der Waals surface area contributed by atoms with E-state index in [2.05, 4.69) is 4.90 Å². The van der Waals surface area contributed by atoms with Gasteiger partial charge in [0.15, 0.2) is 0 Å². The summed E-state index contributed by atoms with van der Waals surface area (Å²) in [6, 6.07) is 0. The average Bonchev–Trinajstić information content (AvgIpc) is 2.77. The summed E-state index contributed by atoms with van der Waals surface area (Å²) in [6.07, 6.45) is 2.42. The number of hydrogen-bond donors (Lipinski definition) is 1. The number of nitrogens with zero attached hydrogens (tertiary/aromatic N) is 2.